The maximum atomic E-state index is 13.0. The maximum Gasteiger partial charge on any atom is 0.123 e. The molecule has 0 aliphatic carbocycles. The number of hydrogen-bond acceptors (Lipinski definition) is 2. The van der Waals surface area contributed by atoms with Crippen molar-refractivity contribution in [2.24, 2.45) is 5.92 Å². The molecule has 2 rings (SSSR count). The van der Waals surface area contributed by atoms with Crippen molar-refractivity contribution < 1.29 is 4.39 Å². The molecule has 0 spiro atoms. The average molecular weight is 250 g/mol. The summed E-state index contributed by atoms with van der Waals surface area (Å²) in [7, 11) is 0. The van der Waals surface area contributed by atoms with Crippen molar-refractivity contribution in [1.82, 2.24) is 10.2 Å². The summed E-state index contributed by atoms with van der Waals surface area (Å²) in [5, 5.41) is 3.38. The number of halogens is 1. The van der Waals surface area contributed by atoms with E-state index >= 15 is 0 Å². The smallest absolute Gasteiger partial charge is 0.123 e. The maximum absolute atomic E-state index is 13.0. The number of benzene rings is 1. The SMILES string of the molecule is CC(C)C[C@H](c1ccc(F)cc1)N1CCNCC1. The first kappa shape index (κ1) is 13.5. The van der Waals surface area contributed by atoms with Gasteiger partial charge in [-0.15, -0.1) is 0 Å². The molecule has 1 aliphatic rings. The zero-order valence-corrected chi connectivity index (χ0v) is 11.3. The molecule has 0 saturated carbocycles. The predicted molar refractivity (Wildman–Crippen MR) is 73.0 cm³/mol. The summed E-state index contributed by atoms with van der Waals surface area (Å²) in [4.78, 5) is 2.52. The molecule has 1 N–H and O–H groups in total. The first-order chi connectivity index (χ1) is 8.66. The van der Waals surface area contributed by atoms with Gasteiger partial charge in [0.15, 0.2) is 0 Å². The molecule has 18 heavy (non-hydrogen) atoms. The van der Waals surface area contributed by atoms with Gasteiger partial charge >= 0.3 is 0 Å². The number of piperazine rings is 1. The lowest BCUT2D eigenvalue weighted by atomic mass is 9.95. The Kier molecular flexibility index (Phi) is 4.72. The van der Waals surface area contributed by atoms with E-state index in [0.717, 1.165) is 32.6 Å². The van der Waals surface area contributed by atoms with Gasteiger partial charge in [0, 0.05) is 32.2 Å². The molecule has 0 radical (unpaired) electrons. The van der Waals surface area contributed by atoms with Gasteiger partial charge in [0.2, 0.25) is 0 Å². The molecule has 1 aromatic rings. The van der Waals surface area contributed by atoms with Crippen LogP contribution in [0.5, 0.6) is 0 Å². The summed E-state index contributed by atoms with van der Waals surface area (Å²) in [6, 6.07) is 7.44. The zero-order chi connectivity index (χ0) is 13.0. The summed E-state index contributed by atoms with van der Waals surface area (Å²) in [5.74, 6) is 0.497. The Morgan fingerprint density at radius 3 is 2.33 bits per heavy atom. The van der Waals surface area contributed by atoms with E-state index in [0.29, 0.717) is 12.0 Å². The molecular formula is C15H23FN2. The van der Waals surface area contributed by atoms with Gasteiger partial charge in [0.05, 0.1) is 0 Å². The van der Waals surface area contributed by atoms with E-state index in [4.69, 9.17) is 0 Å². The summed E-state index contributed by atoms with van der Waals surface area (Å²) in [5.41, 5.74) is 1.24. The first-order valence-corrected chi connectivity index (χ1v) is 6.87. The lowest BCUT2D eigenvalue weighted by Gasteiger charge is -2.36. The van der Waals surface area contributed by atoms with Gasteiger partial charge in [-0.05, 0) is 30.0 Å². The minimum absolute atomic E-state index is 0.151. The molecule has 1 heterocycles. The van der Waals surface area contributed by atoms with E-state index in [9.17, 15) is 4.39 Å². The van der Waals surface area contributed by atoms with E-state index in [1.165, 1.54) is 5.56 Å². The molecule has 100 valence electrons. The van der Waals surface area contributed by atoms with Gasteiger partial charge < -0.3 is 5.32 Å². The standard InChI is InChI=1S/C15H23FN2/c1-12(2)11-15(18-9-7-17-8-10-18)13-3-5-14(16)6-4-13/h3-6,12,15,17H,7-11H2,1-2H3/t15-/m1/s1. The molecular weight excluding hydrogens is 227 g/mol. The van der Waals surface area contributed by atoms with Gasteiger partial charge in [0.25, 0.3) is 0 Å². The topological polar surface area (TPSA) is 15.3 Å². The highest BCUT2D eigenvalue weighted by atomic mass is 19.1. The van der Waals surface area contributed by atoms with Crippen molar-refractivity contribution >= 4 is 0 Å². The molecule has 1 saturated heterocycles. The van der Waals surface area contributed by atoms with Gasteiger partial charge in [-0.2, -0.15) is 0 Å². The molecule has 3 heteroatoms. The Hall–Kier alpha value is -0.930. The molecule has 0 aromatic heterocycles. The monoisotopic (exact) mass is 250 g/mol. The lowest BCUT2D eigenvalue weighted by molar-refractivity contribution is 0.154. The summed E-state index contributed by atoms with van der Waals surface area (Å²) >= 11 is 0. The van der Waals surface area contributed by atoms with Gasteiger partial charge in [0.1, 0.15) is 5.82 Å². The van der Waals surface area contributed by atoms with Crippen molar-refractivity contribution in [2.75, 3.05) is 26.2 Å². The highest BCUT2D eigenvalue weighted by Gasteiger charge is 2.22. The molecule has 1 aliphatic heterocycles. The first-order valence-electron chi connectivity index (χ1n) is 6.87. The van der Waals surface area contributed by atoms with E-state index in [2.05, 4.69) is 24.1 Å². The highest BCUT2D eigenvalue weighted by Crippen LogP contribution is 2.28. The second-order valence-electron chi connectivity index (χ2n) is 5.48. The van der Waals surface area contributed by atoms with E-state index in [1.807, 2.05) is 12.1 Å². The van der Waals surface area contributed by atoms with Crippen LogP contribution in [0.4, 0.5) is 4.39 Å². The van der Waals surface area contributed by atoms with Crippen LogP contribution in [-0.2, 0) is 0 Å². The Labute approximate surface area is 109 Å². The van der Waals surface area contributed by atoms with Gasteiger partial charge in [-0.3, -0.25) is 4.90 Å². The van der Waals surface area contributed by atoms with Gasteiger partial charge in [-0.25, -0.2) is 4.39 Å². The van der Waals surface area contributed by atoms with Crippen LogP contribution in [0, 0.1) is 11.7 Å². The molecule has 1 atom stereocenters. The third-order valence-corrected chi connectivity index (χ3v) is 3.54. The molecule has 0 bridgehead atoms. The van der Waals surface area contributed by atoms with Crippen LogP contribution in [0.3, 0.4) is 0 Å². The summed E-state index contributed by atoms with van der Waals surface area (Å²) in [6.07, 6.45) is 1.13. The molecule has 0 unspecified atom stereocenters. The third kappa shape index (κ3) is 3.53. The van der Waals surface area contributed by atoms with Crippen molar-refractivity contribution in [3.63, 3.8) is 0 Å². The molecule has 0 amide bonds. The second-order valence-corrected chi connectivity index (χ2v) is 5.48. The Bertz CT molecular complexity index is 355. The Morgan fingerprint density at radius 2 is 1.78 bits per heavy atom. The fraction of sp³-hybridized carbons (Fsp3) is 0.600. The molecule has 2 nitrogen and oxygen atoms in total. The van der Waals surface area contributed by atoms with Crippen LogP contribution in [0.2, 0.25) is 0 Å². The van der Waals surface area contributed by atoms with Crippen molar-refractivity contribution in [2.45, 2.75) is 26.3 Å². The quantitative estimate of drug-likeness (QED) is 0.884. The van der Waals surface area contributed by atoms with Crippen LogP contribution < -0.4 is 5.32 Å². The van der Waals surface area contributed by atoms with Crippen LogP contribution in [-0.4, -0.2) is 31.1 Å². The Balaban J connectivity index is 2.15. The van der Waals surface area contributed by atoms with Crippen LogP contribution in [0.1, 0.15) is 31.9 Å². The average Bonchev–Trinajstić information content (AvgIpc) is 2.38. The fourth-order valence-corrected chi connectivity index (χ4v) is 2.62. The van der Waals surface area contributed by atoms with Crippen LogP contribution >= 0.6 is 0 Å². The highest BCUT2D eigenvalue weighted by molar-refractivity contribution is 5.20. The van der Waals surface area contributed by atoms with Crippen molar-refractivity contribution in [3.8, 4) is 0 Å². The van der Waals surface area contributed by atoms with Crippen LogP contribution in [0.25, 0.3) is 0 Å². The molecule has 1 fully saturated rings. The van der Waals surface area contributed by atoms with Gasteiger partial charge in [-0.1, -0.05) is 26.0 Å². The minimum atomic E-state index is -0.151. The predicted octanol–water partition coefficient (Wildman–Crippen LogP) is 2.82. The van der Waals surface area contributed by atoms with E-state index in [-0.39, 0.29) is 5.82 Å². The second kappa shape index (κ2) is 6.30. The van der Waals surface area contributed by atoms with E-state index < -0.39 is 0 Å². The number of hydrogen-bond donors (Lipinski definition) is 1. The largest absolute Gasteiger partial charge is 0.314 e. The minimum Gasteiger partial charge on any atom is -0.314 e. The van der Waals surface area contributed by atoms with Crippen molar-refractivity contribution in [1.29, 1.82) is 0 Å². The Morgan fingerprint density at radius 1 is 1.17 bits per heavy atom. The third-order valence-electron chi connectivity index (χ3n) is 3.54. The zero-order valence-electron chi connectivity index (χ0n) is 11.3. The number of nitrogens with zero attached hydrogens (tertiary/aromatic N) is 1. The summed E-state index contributed by atoms with van der Waals surface area (Å²) in [6.45, 7) is 8.76. The fourth-order valence-electron chi connectivity index (χ4n) is 2.62. The normalized spacial score (nSPS) is 19.1. The number of nitrogens with one attached hydrogen (secondary N) is 1. The molecule has 1 aromatic carbocycles. The number of rotatable bonds is 4. The summed E-state index contributed by atoms with van der Waals surface area (Å²) < 4.78 is 13.0. The van der Waals surface area contributed by atoms with Crippen molar-refractivity contribution in [3.05, 3.63) is 35.6 Å². The van der Waals surface area contributed by atoms with Crippen LogP contribution in [0.15, 0.2) is 24.3 Å². The van der Waals surface area contributed by atoms with E-state index in [1.54, 1.807) is 12.1 Å². The lowest BCUT2D eigenvalue weighted by Crippen LogP contribution is -2.45.